The van der Waals surface area contributed by atoms with E-state index in [1.54, 1.807) is 29.1 Å². The zero-order valence-corrected chi connectivity index (χ0v) is 16.1. The van der Waals surface area contributed by atoms with Gasteiger partial charge in [-0.05, 0) is 48.5 Å². The summed E-state index contributed by atoms with van der Waals surface area (Å²) in [6, 6.07) is 18.4. The maximum atomic E-state index is 13.3. The van der Waals surface area contributed by atoms with Crippen molar-refractivity contribution in [1.29, 1.82) is 0 Å². The maximum absolute atomic E-state index is 13.3. The lowest BCUT2D eigenvalue weighted by atomic mass is 10.1. The fourth-order valence-electron chi connectivity index (χ4n) is 2.86. The summed E-state index contributed by atoms with van der Waals surface area (Å²) in [5, 5.41) is 4.60. The smallest absolute Gasteiger partial charge is 0.242 e. The first kappa shape index (κ1) is 19.0. The van der Waals surface area contributed by atoms with Gasteiger partial charge in [-0.2, -0.15) is 5.10 Å². The number of rotatable bonds is 6. The van der Waals surface area contributed by atoms with Gasteiger partial charge in [-0.15, -0.1) is 0 Å². The summed E-state index contributed by atoms with van der Waals surface area (Å²) in [5.74, 6) is -0.352. The van der Waals surface area contributed by atoms with E-state index in [1.165, 1.54) is 30.6 Å². The fraction of sp³-hybridized carbons (Fsp3) is 0.0476. The zero-order valence-electron chi connectivity index (χ0n) is 15.2. The number of pyridine rings is 1. The van der Waals surface area contributed by atoms with Crippen LogP contribution in [-0.4, -0.2) is 23.2 Å². The minimum absolute atomic E-state index is 0.0246. The molecule has 2 aromatic heterocycles. The van der Waals surface area contributed by atoms with Gasteiger partial charge in [0.05, 0.1) is 11.4 Å². The molecule has 0 saturated carbocycles. The van der Waals surface area contributed by atoms with Crippen molar-refractivity contribution >= 4 is 10.0 Å². The molecule has 0 unspecified atom stereocenters. The van der Waals surface area contributed by atoms with E-state index in [1.807, 2.05) is 30.3 Å². The molecule has 0 fully saturated rings. The van der Waals surface area contributed by atoms with Gasteiger partial charge in [0, 0.05) is 36.3 Å². The van der Waals surface area contributed by atoms with Crippen molar-refractivity contribution in [2.45, 2.75) is 11.4 Å². The lowest BCUT2D eigenvalue weighted by Crippen LogP contribution is -2.23. The molecular weight excluding hydrogens is 391 g/mol. The molecule has 2 aromatic carbocycles. The molecule has 0 amide bonds. The summed E-state index contributed by atoms with van der Waals surface area (Å²) in [6.07, 6.45) is 4.56. The lowest BCUT2D eigenvalue weighted by molar-refractivity contribution is 0.581. The molecule has 0 atom stereocenters. The lowest BCUT2D eigenvalue weighted by Gasteiger charge is -2.06. The highest BCUT2D eigenvalue weighted by molar-refractivity contribution is 7.89. The van der Waals surface area contributed by atoms with E-state index < -0.39 is 10.0 Å². The molecule has 0 spiro atoms. The number of hydrogen-bond acceptors (Lipinski definition) is 4. The highest BCUT2D eigenvalue weighted by atomic mass is 32.2. The Morgan fingerprint density at radius 1 is 0.966 bits per heavy atom. The molecule has 0 aliphatic carbocycles. The van der Waals surface area contributed by atoms with E-state index >= 15 is 0 Å². The van der Waals surface area contributed by atoms with Gasteiger partial charge >= 0.3 is 0 Å². The monoisotopic (exact) mass is 408 g/mol. The van der Waals surface area contributed by atoms with Crippen LogP contribution in [0.15, 0.2) is 90.2 Å². The number of hydrogen-bond donors (Lipinski definition) is 1. The molecule has 0 radical (unpaired) electrons. The third-order valence-electron chi connectivity index (χ3n) is 4.33. The van der Waals surface area contributed by atoms with Crippen LogP contribution in [0.25, 0.3) is 16.9 Å². The molecule has 6 nitrogen and oxygen atoms in total. The first-order valence-corrected chi connectivity index (χ1v) is 10.3. The van der Waals surface area contributed by atoms with Crippen LogP contribution in [0.3, 0.4) is 0 Å². The summed E-state index contributed by atoms with van der Waals surface area (Å²) < 4.78 is 42.7. The second-order valence-electron chi connectivity index (χ2n) is 6.30. The van der Waals surface area contributed by atoms with Gasteiger partial charge in [0.2, 0.25) is 10.0 Å². The highest BCUT2D eigenvalue weighted by Crippen LogP contribution is 2.24. The molecule has 8 heteroatoms. The number of halogens is 1. The van der Waals surface area contributed by atoms with E-state index in [9.17, 15) is 12.8 Å². The Labute approximate surface area is 167 Å². The molecule has 2 heterocycles. The fourth-order valence-corrected chi connectivity index (χ4v) is 3.83. The minimum Gasteiger partial charge on any atom is -0.263 e. The van der Waals surface area contributed by atoms with Crippen LogP contribution in [0.2, 0.25) is 0 Å². The normalized spacial score (nSPS) is 11.5. The van der Waals surface area contributed by atoms with Gasteiger partial charge in [-0.3, -0.25) is 4.98 Å². The van der Waals surface area contributed by atoms with Crippen molar-refractivity contribution < 1.29 is 12.8 Å². The van der Waals surface area contributed by atoms with Crippen molar-refractivity contribution in [3.8, 4) is 16.9 Å². The van der Waals surface area contributed by atoms with Gasteiger partial charge in [-0.25, -0.2) is 22.2 Å². The van der Waals surface area contributed by atoms with Crippen LogP contribution >= 0.6 is 0 Å². The Kier molecular flexibility index (Phi) is 5.20. The second-order valence-corrected chi connectivity index (χ2v) is 8.07. The van der Waals surface area contributed by atoms with Crippen molar-refractivity contribution in [3.63, 3.8) is 0 Å². The Morgan fingerprint density at radius 3 is 2.41 bits per heavy atom. The zero-order chi connectivity index (χ0) is 20.3. The number of aromatic nitrogens is 3. The molecule has 146 valence electrons. The third-order valence-corrected chi connectivity index (χ3v) is 5.71. The van der Waals surface area contributed by atoms with E-state index in [2.05, 4.69) is 14.8 Å². The van der Waals surface area contributed by atoms with Crippen LogP contribution in [0.5, 0.6) is 0 Å². The quantitative estimate of drug-likeness (QED) is 0.529. The summed E-state index contributed by atoms with van der Waals surface area (Å²) >= 11 is 0. The van der Waals surface area contributed by atoms with Crippen molar-refractivity contribution in [3.05, 3.63) is 96.7 Å². The predicted octanol–water partition coefficient (Wildman–Crippen LogP) is 3.55. The van der Waals surface area contributed by atoms with Crippen molar-refractivity contribution in [2.24, 2.45) is 0 Å². The van der Waals surface area contributed by atoms with E-state index in [4.69, 9.17) is 0 Å². The number of nitrogens with one attached hydrogen (secondary N) is 1. The summed E-state index contributed by atoms with van der Waals surface area (Å²) in [7, 11) is -3.73. The molecule has 0 bridgehead atoms. The van der Waals surface area contributed by atoms with Gasteiger partial charge in [0.15, 0.2) is 0 Å². The molecule has 0 aliphatic rings. The number of nitrogens with zero attached hydrogens (tertiary/aromatic N) is 3. The summed E-state index contributed by atoms with van der Waals surface area (Å²) in [5.41, 5.74) is 2.75. The molecule has 0 aliphatic heterocycles. The average molecular weight is 408 g/mol. The highest BCUT2D eigenvalue weighted by Gasteiger charge is 2.18. The van der Waals surface area contributed by atoms with Crippen LogP contribution in [0.4, 0.5) is 4.39 Å². The van der Waals surface area contributed by atoms with Crippen molar-refractivity contribution in [2.75, 3.05) is 0 Å². The molecule has 4 aromatic rings. The molecular formula is C21H17FN4O2S. The summed E-state index contributed by atoms with van der Waals surface area (Å²) in [6.45, 7) is 0.0246. The number of sulfonamides is 1. The van der Waals surface area contributed by atoms with Crippen LogP contribution in [0, 0.1) is 5.82 Å². The standard InChI is InChI=1S/C21H17FN4O2S/c22-18-10-8-16(9-11-18)21-17(15-26(25-21)19-5-2-1-3-6-19)13-24-29(27,28)20-7-4-12-23-14-20/h1-12,14-15,24H,13H2. The number of para-hydroxylation sites is 1. The summed E-state index contributed by atoms with van der Waals surface area (Å²) in [4.78, 5) is 3.93. The predicted molar refractivity (Wildman–Crippen MR) is 107 cm³/mol. The Bertz CT molecular complexity index is 1210. The van der Waals surface area contributed by atoms with Gasteiger partial charge in [0.25, 0.3) is 0 Å². The van der Waals surface area contributed by atoms with E-state index in [0.717, 1.165) is 5.69 Å². The Balaban J connectivity index is 1.69. The van der Waals surface area contributed by atoms with E-state index in [-0.39, 0.29) is 17.3 Å². The topological polar surface area (TPSA) is 76.9 Å². The van der Waals surface area contributed by atoms with Crippen LogP contribution in [0.1, 0.15) is 5.56 Å². The molecule has 1 N–H and O–H groups in total. The van der Waals surface area contributed by atoms with E-state index in [0.29, 0.717) is 16.8 Å². The van der Waals surface area contributed by atoms with Crippen LogP contribution < -0.4 is 4.72 Å². The molecule has 4 rings (SSSR count). The van der Waals surface area contributed by atoms with Crippen LogP contribution in [-0.2, 0) is 16.6 Å². The largest absolute Gasteiger partial charge is 0.263 e. The third kappa shape index (κ3) is 4.23. The minimum atomic E-state index is -3.73. The van der Waals surface area contributed by atoms with Crippen molar-refractivity contribution in [1.82, 2.24) is 19.5 Å². The Hall–Kier alpha value is -3.36. The first-order valence-electron chi connectivity index (χ1n) is 8.82. The SMILES string of the molecule is O=S(=O)(NCc1cn(-c2ccccc2)nc1-c1ccc(F)cc1)c1cccnc1. The number of benzene rings is 2. The second kappa shape index (κ2) is 7.94. The Morgan fingerprint density at radius 2 is 1.72 bits per heavy atom. The van der Waals surface area contributed by atoms with Gasteiger partial charge in [-0.1, -0.05) is 18.2 Å². The van der Waals surface area contributed by atoms with Gasteiger partial charge < -0.3 is 0 Å². The van der Waals surface area contributed by atoms with Gasteiger partial charge in [0.1, 0.15) is 10.7 Å². The molecule has 0 saturated heterocycles. The average Bonchev–Trinajstić information content (AvgIpc) is 3.19. The maximum Gasteiger partial charge on any atom is 0.242 e. The molecule has 29 heavy (non-hydrogen) atoms. The first-order chi connectivity index (χ1) is 14.0.